The highest BCUT2D eigenvalue weighted by Crippen LogP contribution is 2.31. The molecule has 0 bridgehead atoms. The zero-order chi connectivity index (χ0) is 20.3. The fourth-order valence-electron chi connectivity index (χ4n) is 2.92. The molecular formula is C20H19N3O3S2. The standard InChI is InChI=1S/C20H19N3O3S2/c1-11-8-12(2)16(13(3)9-11)10-27-20-23-22-19(28-20)21-17(24)14-6-4-5-7-15(14)18(25)26/h4-9H,10H2,1-3H3,(H,25,26)(H,21,22,24). The molecule has 8 heteroatoms. The number of carboxylic acids is 1. The van der Waals surface area contributed by atoms with Crippen molar-refractivity contribution in [1.29, 1.82) is 0 Å². The number of thioether (sulfide) groups is 1. The Morgan fingerprint density at radius 1 is 1.07 bits per heavy atom. The lowest BCUT2D eigenvalue weighted by molar-refractivity contribution is 0.0692. The van der Waals surface area contributed by atoms with Gasteiger partial charge in [-0.25, -0.2) is 4.79 Å². The number of carbonyl (C=O) groups excluding carboxylic acids is 1. The molecule has 3 aromatic rings. The van der Waals surface area contributed by atoms with Crippen molar-refractivity contribution in [3.8, 4) is 0 Å². The lowest BCUT2D eigenvalue weighted by Crippen LogP contribution is -2.16. The summed E-state index contributed by atoms with van der Waals surface area (Å²) in [6, 6.07) is 10.4. The molecule has 0 saturated heterocycles. The first kappa shape index (κ1) is 20.0. The number of nitrogens with one attached hydrogen (secondary N) is 1. The van der Waals surface area contributed by atoms with Gasteiger partial charge in [0.15, 0.2) is 4.34 Å². The Bertz CT molecular complexity index is 1020. The molecule has 0 aliphatic rings. The number of hydrogen-bond donors (Lipinski definition) is 2. The number of hydrogen-bond acceptors (Lipinski definition) is 6. The Labute approximate surface area is 171 Å². The Morgan fingerprint density at radius 2 is 1.71 bits per heavy atom. The van der Waals surface area contributed by atoms with Crippen molar-refractivity contribution in [2.24, 2.45) is 0 Å². The molecule has 0 unspecified atom stereocenters. The number of amides is 1. The highest BCUT2D eigenvalue weighted by atomic mass is 32.2. The maximum atomic E-state index is 12.4. The third-order valence-corrected chi connectivity index (χ3v) is 6.21. The van der Waals surface area contributed by atoms with E-state index in [-0.39, 0.29) is 11.1 Å². The average molecular weight is 414 g/mol. The topological polar surface area (TPSA) is 92.2 Å². The van der Waals surface area contributed by atoms with E-state index in [1.807, 2.05) is 0 Å². The van der Waals surface area contributed by atoms with Crippen LogP contribution in [0, 0.1) is 20.8 Å². The van der Waals surface area contributed by atoms with E-state index in [2.05, 4.69) is 48.4 Å². The van der Waals surface area contributed by atoms with Gasteiger partial charge in [0.1, 0.15) is 0 Å². The van der Waals surface area contributed by atoms with Crippen LogP contribution in [0.3, 0.4) is 0 Å². The molecule has 0 atom stereocenters. The van der Waals surface area contributed by atoms with Crippen LogP contribution in [0.2, 0.25) is 0 Å². The zero-order valence-corrected chi connectivity index (χ0v) is 17.3. The molecule has 1 aromatic heterocycles. The third-order valence-electron chi connectivity index (χ3n) is 4.21. The summed E-state index contributed by atoms with van der Waals surface area (Å²) in [4.78, 5) is 23.7. The first-order chi connectivity index (χ1) is 13.3. The van der Waals surface area contributed by atoms with Crippen molar-refractivity contribution >= 4 is 40.1 Å². The second-order valence-corrected chi connectivity index (χ2v) is 8.54. The monoisotopic (exact) mass is 413 g/mol. The SMILES string of the molecule is Cc1cc(C)c(CSc2nnc(NC(=O)c3ccccc3C(=O)O)s2)c(C)c1. The van der Waals surface area contributed by atoms with Crippen molar-refractivity contribution < 1.29 is 14.7 Å². The minimum Gasteiger partial charge on any atom is -0.478 e. The number of carboxylic acid groups (broad SMARTS) is 1. The number of aromatic nitrogens is 2. The minimum atomic E-state index is -1.15. The largest absolute Gasteiger partial charge is 0.478 e. The van der Waals surface area contributed by atoms with Gasteiger partial charge >= 0.3 is 5.97 Å². The Morgan fingerprint density at radius 3 is 2.36 bits per heavy atom. The van der Waals surface area contributed by atoms with E-state index in [4.69, 9.17) is 0 Å². The third kappa shape index (κ3) is 4.58. The van der Waals surface area contributed by atoms with E-state index in [1.54, 1.807) is 23.9 Å². The van der Waals surface area contributed by atoms with E-state index in [9.17, 15) is 14.7 Å². The first-order valence-electron chi connectivity index (χ1n) is 8.52. The molecule has 2 aromatic carbocycles. The fourth-order valence-corrected chi connectivity index (χ4v) is 4.87. The first-order valence-corrected chi connectivity index (χ1v) is 10.3. The van der Waals surface area contributed by atoms with Gasteiger partial charge < -0.3 is 5.11 Å². The lowest BCUT2D eigenvalue weighted by Gasteiger charge is -2.09. The molecule has 1 heterocycles. The molecule has 3 rings (SSSR count). The molecule has 0 spiro atoms. The van der Waals surface area contributed by atoms with Crippen molar-refractivity contribution in [1.82, 2.24) is 10.2 Å². The molecule has 0 aliphatic carbocycles. The number of rotatable bonds is 6. The van der Waals surface area contributed by atoms with Gasteiger partial charge in [-0.15, -0.1) is 10.2 Å². The van der Waals surface area contributed by atoms with E-state index in [0.29, 0.717) is 5.13 Å². The quantitative estimate of drug-likeness (QED) is 0.449. The predicted octanol–water partition coefficient (Wildman–Crippen LogP) is 4.71. The highest BCUT2D eigenvalue weighted by molar-refractivity contribution is 8.00. The van der Waals surface area contributed by atoms with E-state index >= 15 is 0 Å². The van der Waals surface area contributed by atoms with Crippen molar-refractivity contribution in [2.45, 2.75) is 30.9 Å². The van der Waals surface area contributed by atoms with Crippen LogP contribution in [0.1, 0.15) is 43.0 Å². The van der Waals surface area contributed by atoms with Crippen LogP contribution >= 0.6 is 23.1 Å². The molecule has 144 valence electrons. The predicted molar refractivity (Wildman–Crippen MR) is 111 cm³/mol. The lowest BCUT2D eigenvalue weighted by atomic mass is 10.0. The molecular weight excluding hydrogens is 394 g/mol. The van der Waals surface area contributed by atoms with Gasteiger partial charge in [-0.2, -0.15) is 0 Å². The number of carbonyl (C=O) groups is 2. The summed E-state index contributed by atoms with van der Waals surface area (Å²) in [7, 11) is 0. The van der Waals surface area contributed by atoms with Crippen LogP contribution in [-0.4, -0.2) is 27.2 Å². The Hall–Kier alpha value is -2.71. The molecule has 0 aliphatic heterocycles. The zero-order valence-electron chi connectivity index (χ0n) is 15.6. The Balaban J connectivity index is 1.68. The number of benzene rings is 2. The molecule has 0 saturated carbocycles. The van der Waals surface area contributed by atoms with Crippen LogP contribution in [0.5, 0.6) is 0 Å². The highest BCUT2D eigenvalue weighted by Gasteiger charge is 2.17. The molecule has 6 nitrogen and oxygen atoms in total. The summed E-state index contributed by atoms with van der Waals surface area (Å²) in [5.41, 5.74) is 5.04. The van der Waals surface area contributed by atoms with Crippen LogP contribution in [-0.2, 0) is 5.75 Å². The fraction of sp³-hybridized carbons (Fsp3) is 0.200. The van der Waals surface area contributed by atoms with Gasteiger partial charge in [-0.1, -0.05) is 52.9 Å². The molecule has 2 N–H and O–H groups in total. The summed E-state index contributed by atoms with van der Waals surface area (Å²) in [6.07, 6.45) is 0. The maximum Gasteiger partial charge on any atom is 0.336 e. The van der Waals surface area contributed by atoms with Crippen LogP contribution < -0.4 is 5.32 Å². The number of aromatic carboxylic acids is 1. The van der Waals surface area contributed by atoms with E-state index in [1.165, 1.54) is 45.7 Å². The normalized spacial score (nSPS) is 10.7. The second kappa shape index (κ2) is 8.53. The van der Waals surface area contributed by atoms with Crippen LogP contribution in [0.4, 0.5) is 5.13 Å². The minimum absolute atomic E-state index is 0.0514. The van der Waals surface area contributed by atoms with E-state index < -0.39 is 11.9 Å². The second-order valence-electron chi connectivity index (χ2n) is 6.34. The van der Waals surface area contributed by atoms with Crippen LogP contribution in [0.15, 0.2) is 40.7 Å². The van der Waals surface area contributed by atoms with Gasteiger partial charge in [-0.05, 0) is 49.6 Å². The average Bonchev–Trinajstić information content (AvgIpc) is 3.08. The summed E-state index contributed by atoms with van der Waals surface area (Å²) < 4.78 is 0.737. The van der Waals surface area contributed by atoms with Gasteiger partial charge in [0.2, 0.25) is 5.13 Å². The van der Waals surface area contributed by atoms with Gasteiger partial charge in [0.05, 0.1) is 11.1 Å². The Kier molecular flexibility index (Phi) is 6.11. The summed E-state index contributed by atoms with van der Waals surface area (Å²) >= 11 is 2.82. The van der Waals surface area contributed by atoms with Crippen molar-refractivity contribution in [2.75, 3.05) is 5.32 Å². The van der Waals surface area contributed by atoms with E-state index in [0.717, 1.165) is 10.1 Å². The van der Waals surface area contributed by atoms with Crippen molar-refractivity contribution in [3.63, 3.8) is 0 Å². The summed E-state index contributed by atoms with van der Waals surface area (Å²) in [6.45, 7) is 6.28. The van der Waals surface area contributed by atoms with Gasteiger partial charge in [-0.3, -0.25) is 10.1 Å². The van der Waals surface area contributed by atoms with Crippen molar-refractivity contribution in [3.05, 3.63) is 69.8 Å². The van der Waals surface area contributed by atoms with Gasteiger partial charge in [0, 0.05) is 5.75 Å². The summed E-state index contributed by atoms with van der Waals surface area (Å²) in [5, 5.41) is 20.3. The number of nitrogens with zero attached hydrogens (tertiary/aromatic N) is 2. The number of aryl methyl sites for hydroxylation is 3. The summed E-state index contributed by atoms with van der Waals surface area (Å²) in [5.74, 6) is -0.901. The van der Waals surface area contributed by atoms with Gasteiger partial charge in [0.25, 0.3) is 5.91 Å². The molecule has 0 fully saturated rings. The molecule has 0 radical (unpaired) electrons. The molecule has 28 heavy (non-hydrogen) atoms. The maximum absolute atomic E-state index is 12.4. The number of anilines is 1. The smallest absolute Gasteiger partial charge is 0.336 e. The van der Waals surface area contributed by atoms with Crippen LogP contribution in [0.25, 0.3) is 0 Å². The molecule has 1 amide bonds.